The van der Waals surface area contributed by atoms with Gasteiger partial charge in [0.2, 0.25) is 5.91 Å². The van der Waals surface area contributed by atoms with Crippen molar-refractivity contribution in [1.29, 1.82) is 5.26 Å². The average molecular weight is 250 g/mol. The zero-order valence-electron chi connectivity index (χ0n) is 12.2. The van der Waals surface area contributed by atoms with Gasteiger partial charge in [-0.25, -0.2) is 0 Å². The van der Waals surface area contributed by atoms with E-state index in [1.807, 2.05) is 14.0 Å². The molecule has 0 aromatic heterocycles. The molecular weight excluding hydrogens is 224 g/mol. The SMILES string of the molecule is CC(C)CC1(C(=O)N(C)CC(C)C#N)CCCC1. The first kappa shape index (κ1) is 15.0. The Balaban J connectivity index is 2.74. The molecule has 0 N–H and O–H groups in total. The van der Waals surface area contributed by atoms with Gasteiger partial charge in [-0.1, -0.05) is 26.7 Å². The molecule has 1 unspecified atom stereocenters. The van der Waals surface area contributed by atoms with Crippen LogP contribution in [-0.2, 0) is 4.79 Å². The molecule has 0 heterocycles. The predicted octanol–water partition coefficient (Wildman–Crippen LogP) is 3.21. The molecule has 0 saturated heterocycles. The number of nitrogens with zero attached hydrogens (tertiary/aromatic N) is 2. The van der Waals surface area contributed by atoms with Crippen molar-refractivity contribution in [2.45, 2.75) is 52.9 Å². The Morgan fingerprint density at radius 3 is 2.33 bits per heavy atom. The van der Waals surface area contributed by atoms with E-state index in [4.69, 9.17) is 5.26 Å². The second kappa shape index (κ2) is 6.22. The number of carbonyl (C=O) groups excluding carboxylic acids is 1. The number of rotatable bonds is 5. The van der Waals surface area contributed by atoms with Gasteiger partial charge in [-0.2, -0.15) is 5.26 Å². The predicted molar refractivity (Wildman–Crippen MR) is 72.8 cm³/mol. The van der Waals surface area contributed by atoms with Gasteiger partial charge in [-0.3, -0.25) is 4.79 Å². The minimum atomic E-state index is -0.141. The fraction of sp³-hybridized carbons (Fsp3) is 0.867. The lowest BCUT2D eigenvalue weighted by molar-refractivity contribution is -0.141. The van der Waals surface area contributed by atoms with Crippen molar-refractivity contribution in [2.24, 2.45) is 17.3 Å². The van der Waals surface area contributed by atoms with E-state index in [1.165, 1.54) is 12.8 Å². The van der Waals surface area contributed by atoms with Crippen LogP contribution in [-0.4, -0.2) is 24.4 Å². The fourth-order valence-corrected chi connectivity index (χ4v) is 3.28. The third-order valence-electron chi connectivity index (χ3n) is 3.93. The van der Waals surface area contributed by atoms with Crippen molar-refractivity contribution in [2.75, 3.05) is 13.6 Å². The van der Waals surface area contributed by atoms with Crippen LogP contribution in [0.4, 0.5) is 0 Å². The molecule has 3 heteroatoms. The summed E-state index contributed by atoms with van der Waals surface area (Å²) < 4.78 is 0. The Hall–Kier alpha value is -1.04. The third-order valence-corrected chi connectivity index (χ3v) is 3.93. The van der Waals surface area contributed by atoms with Crippen molar-refractivity contribution in [1.82, 2.24) is 4.90 Å². The standard InChI is InChI=1S/C15H26N2O/c1-12(2)9-15(7-5-6-8-15)14(18)17(4)11-13(3)10-16/h12-13H,5-9,11H2,1-4H3. The molecule has 0 aromatic carbocycles. The number of hydrogen-bond donors (Lipinski definition) is 0. The van der Waals surface area contributed by atoms with Gasteiger partial charge in [0.15, 0.2) is 0 Å². The Kier molecular flexibility index (Phi) is 5.19. The topological polar surface area (TPSA) is 44.1 Å². The maximum absolute atomic E-state index is 12.7. The second-order valence-corrected chi connectivity index (χ2v) is 6.30. The first-order chi connectivity index (χ1) is 8.41. The van der Waals surface area contributed by atoms with Crippen molar-refractivity contribution in [3.63, 3.8) is 0 Å². The Bertz CT molecular complexity index is 324. The quantitative estimate of drug-likeness (QED) is 0.752. The van der Waals surface area contributed by atoms with Crippen LogP contribution in [0.15, 0.2) is 0 Å². The molecule has 0 radical (unpaired) electrons. The van der Waals surface area contributed by atoms with Crippen LogP contribution in [0.25, 0.3) is 0 Å². The largest absolute Gasteiger partial charge is 0.344 e. The maximum atomic E-state index is 12.7. The second-order valence-electron chi connectivity index (χ2n) is 6.30. The zero-order chi connectivity index (χ0) is 13.8. The monoisotopic (exact) mass is 250 g/mol. The van der Waals surface area contributed by atoms with E-state index in [9.17, 15) is 4.79 Å². The number of nitriles is 1. The lowest BCUT2D eigenvalue weighted by Gasteiger charge is -2.34. The van der Waals surface area contributed by atoms with Gasteiger partial charge in [0.1, 0.15) is 0 Å². The first-order valence-electron chi connectivity index (χ1n) is 7.06. The van der Waals surface area contributed by atoms with Crippen molar-refractivity contribution in [3.8, 4) is 6.07 Å². The van der Waals surface area contributed by atoms with Gasteiger partial charge in [0.05, 0.1) is 12.0 Å². The van der Waals surface area contributed by atoms with Gasteiger partial charge in [-0.05, 0) is 32.1 Å². The normalized spacial score (nSPS) is 19.6. The summed E-state index contributed by atoms with van der Waals surface area (Å²) in [6.45, 7) is 6.79. The van der Waals surface area contributed by atoms with Gasteiger partial charge in [0.25, 0.3) is 0 Å². The summed E-state index contributed by atoms with van der Waals surface area (Å²) in [5, 5.41) is 8.85. The molecule has 1 atom stereocenters. The van der Waals surface area contributed by atoms with E-state index in [0.29, 0.717) is 12.5 Å². The van der Waals surface area contributed by atoms with Gasteiger partial charge in [-0.15, -0.1) is 0 Å². The van der Waals surface area contributed by atoms with E-state index in [0.717, 1.165) is 19.3 Å². The number of hydrogen-bond acceptors (Lipinski definition) is 2. The van der Waals surface area contributed by atoms with Crippen LogP contribution in [0.2, 0.25) is 0 Å². The molecule has 0 aromatic rings. The van der Waals surface area contributed by atoms with Gasteiger partial charge >= 0.3 is 0 Å². The summed E-state index contributed by atoms with van der Waals surface area (Å²) in [6, 6.07) is 2.20. The number of carbonyl (C=O) groups is 1. The highest BCUT2D eigenvalue weighted by Crippen LogP contribution is 2.44. The molecular formula is C15H26N2O. The van der Waals surface area contributed by atoms with E-state index in [1.54, 1.807) is 4.90 Å². The third kappa shape index (κ3) is 3.48. The maximum Gasteiger partial charge on any atom is 0.228 e. The highest BCUT2D eigenvalue weighted by atomic mass is 16.2. The first-order valence-corrected chi connectivity index (χ1v) is 7.06. The lowest BCUT2D eigenvalue weighted by Crippen LogP contribution is -2.42. The molecule has 1 fully saturated rings. The van der Waals surface area contributed by atoms with Gasteiger partial charge in [0, 0.05) is 19.0 Å². The summed E-state index contributed by atoms with van der Waals surface area (Å²) in [5.41, 5.74) is -0.141. The highest BCUT2D eigenvalue weighted by molar-refractivity contribution is 5.82. The van der Waals surface area contributed by atoms with E-state index in [2.05, 4.69) is 19.9 Å². The molecule has 1 rings (SSSR count). The molecule has 0 bridgehead atoms. The Morgan fingerprint density at radius 1 is 1.33 bits per heavy atom. The minimum Gasteiger partial charge on any atom is -0.344 e. The van der Waals surface area contributed by atoms with E-state index >= 15 is 0 Å². The van der Waals surface area contributed by atoms with Gasteiger partial charge < -0.3 is 4.90 Å². The molecule has 1 aliphatic rings. The van der Waals surface area contributed by atoms with E-state index < -0.39 is 0 Å². The summed E-state index contributed by atoms with van der Waals surface area (Å²) in [5.74, 6) is 0.723. The zero-order valence-corrected chi connectivity index (χ0v) is 12.2. The number of amides is 1. The fourth-order valence-electron chi connectivity index (χ4n) is 3.28. The van der Waals surface area contributed by atoms with Crippen molar-refractivity contribution >= 4 is 5.91 Å². The molecule has 3 nitrogen and oxygen atoms in total. The van der Waals surface area contributed by atoms with Crippen LogP contribution in [0.5, 0.6) is 0 Å². The van der Waals surface area contributed by atoms with Crippen LogP contribution in [0.1, 0.15) is 52.9 Å². The lowest BCUT2D eigenvalue weighted by atomic mass is 9.77. The minimum absolute atomic E-state index is 0.0866. The summed E-state index contributed by atoms with van der Waals surface area (Å²) in [4.78, 5) is 14.5. The van der Waals surface area contributed by atoms with Crippen LogP contribution < -0.4 is 0 Å². The summed E-state index contributed by atoms with van der Waals surface area (Å²) in [6.07, 6.45) is 5.36. The average Bonchev–Trinajstić information content (AvgIpc) is 2.76. The van der Waals surface area contributed by atoms with Crippen LogP contribution >= 0.6 is 0 Å². The smallest absolute Gasteiger partial charge is 0.228 e. The van der Waals surface area contributed by atoms with E-state index in [-0.39, 0.29) is 17.2 Å². The molecule has 1 aliphatic carbocycles. The molecule has 0 spiro atoms. The van der Waals surface area contributed by atoms with Crippen LogP contribution in [0.3, 0.4) is 0 Å². The Morgan fingerprint density at radius 2 is 1.89 bits per heavy atom. The van der Waals surface area contributed by atoms with Crippen LogP contribution in [0, 0.1) is 28.6 Å². The highest BCUT2D eigenvalue weighted by Gasteiger charge is 2.42. The molecule has 1 saturated carbocycles. The molecule has 18 heavy (non-hydrogen) atoms. The molecule has 1 amide bonds. The summed E-state index contributed by atoms with van der Waals surface area (Å²) in [7, 11) is 1.84. The molecule has 0 aliphatic heterocycles. The summed E-state index contributed by atoms with van der Waals surface area (Å²) >= 11 is 0. The van der Waals surface area contributed by atoms with Crippen molar-refractivity contribution < 1.29 is 4.79 Å². The molecule has 102 valence electrons. The van der Waals surface area contributed by atoms with Crippen molar-refractivity contribution in [3.05, 3.63) is 0 Å². The Labute approximate surface area is 111 Å².